The second kappa shape index (κ2) is 6.24. The van der Waals surface area contributed by atoms with E-state index in [1.54, 1.807) is 6.07 Å². The van der Waals surface area contributed by atoms with Gasteiger partial charge in [0.2, 0.25) is 10.0 Å². The van der Waals surface area contributed by atoms with Gasteiger partial charge in [0.05, 0.1) is 4.90 Å². The molecule has 0 radical (unpaired) electrons. The van der Waals surface area contributed by atoms with Crippen LogP contribution in [0.5, 0.6) is 0 Å². The second-order valence-corrected chi connectivity index (χ2v) is 7.60. The fourth-order valence-electron chi connectivity index (χ4n) is 2.57. The van der Waals surface area contributed by atoms with E-state index in [-0.39, 0.29) is 0 Å². The molecule has 112 valence electrons. The van der Waals surface area contributed by atoms with Crippen molar-refractivity contribution < 1.29 is 8.42 Å². The van der Waals surface area contributed by atoms with Gasteiger partial charge in [0, 0.05) is 6.54 Å². The lowest BCUT2D eigenvalue weighted by Gasteiger charge is -2.28. The summed E-state index contributed by atoms with van der Waals surface area (Å²) in [6.45, 7) is 6.40. The molecule has 1 fully saturated rings. The summed E-state index contributed by atoms with van der Waals surface area (Å²) >= 11 is 0. The van der Waals surface area contributed by atoms with Crippen LogP contribution in [0.4, 0.5) is 0 Å². The van der Waals surface area contributed by atoms with Crippen LogP contribution in [0.15, 0.2) is 23.1 Å². The van der Waals surface area contributed by atoms with Crippen molar-refractivity contribution in [2.45, 2.75) is 31.6 Å². The number of benzene rings is 1. The topological polar surface area (TPSA) is 49.4 Å². The molecule has 1 heterocycles. The van der Waals surface area contributed by atoms with Crippen molar-refractivity contribution in [3.05, 3.63) is 29.3 Å². The number of likely N-dealkylation sites (tertiary alicyclic amines) is 1. The van der Waals surface area contributed by atoms with Crippen LogP contribution in [-0.2, 0) is 10.0 Å². The second-order valence-electron chi connectivity index (χ2n) is 5.87. The Morgan fingerprint density at radius 2 is 1.90 bits per heavy atom. The molecule has 0 bridgehead atoms. The SMILES string of the molecule is Cc1ccc(C)c(S(=O)(=O)NCC2CCN(C)CC2)c1. The molecule has 1 aliphatic rings. The van der Waals surface area contributed by atoms with Gasteiger partial charge in [-0.05, 0) is 69.9 Å². The maximum atomic E-state index is 12.4. The molecule has 4 nitrogen and oxygen atoms in total. The largest absolute Gasteiger partial charge is 0.306 e. The number of nitrogens with one attached hydrogen (secondary N) is 1. The first-order valence-corrected chi connectivity index (χ1v) is 8.62. The average Bonchev–Trinajstić information content (AvgIpc) is 2.41. The monoisotopic (exact) mass is 296 g/mol. The highest BCUT2D eigenvalue weighted by Crippen LogP contribution is 2.19. The lowest BCUT2D eigenvalue weighted by atomic mass is 9.98. The van der Waals surface area contributed by atoms with Gasteiger partial charge in [0.15, 0.2) is 0 Å². The van der Waals surface area contributed by atoms with E-state index in [0.717, 1.165) is 37.1 Å². The zero-order valence-corrected chi connectivity index (χ0v) is 13.3. The molecule has 20 heavy (non-hydrogen) atoms. The fraction of sp³-hybridized carbons (Fsp3) is 0.600. The summed E-state index contributed by atoms with van der Waals surface area (Å²) in [7, 11) is -1.28. The molecule has 2 rings (SSSR count). The Morgan fingerprint density at radius 1 is 1.25 bits per heavy atom. The first kappa shape index (κ1) is 15.5. The summed E-state index contributed by atoms with van der Waals surface area (Å²) in [5.41, 5.74) is 1.77. The summed E-state index contributed by atoms with van der Waals surface area (Å²) in [4.78, 5) is 2.70. The predicted molar refractivity (Wildman–Crippen MR) is 81.3 cm³/mol. The van der Waals surface area contributed by atoms with Gasteiger partial charge < -0.3 is 4.90 Å². The summed E-state index contributed by atoms with van der Waals surface area (Å²) in [6.07, 6.45) is 2.12. The fourth-order valence-corrected chi connectivity index (χ4v) is 4.01. The summed E-state index contributed by atoms with van der Waals surface area (Å²) in [5, 5.41) is 0. The van der Waals surface area contributed by atoms with E-state index in [4.69, 9.17) is 0 Å². The molecule has 5 heteroatoms. The van der Waals surface area contributed by atoms with E-state index in [9.17, 15) is 8.42 Å². The van der Waals surface area contributed by atoms with E-state index in [0.29, 0.717) is 17.4 Å². The van der Waals surface area contributed by atoms with Crippen LogP contribution in [0.2, 0.25) is 0 Å². The van der Waals surface area contributed by atoms with Crippen molar-refractivity contribution in [1.29, 1.82) is 0 Å². The van der Waals surface area contributed by atoms with E-state index in [2.05, 4.69) is 16.7 Å². The van der Waals surface area contributed by atoms with Gasteiger partial charge in [-0.2, -0.15) is 0 Å². The normalized spacial score (nSPS) is 18.4. The molecular weight excluding hydrogens is 272 g/mol. The predicted octanol–water partition coefficient (Wildman–Crippen LogP) is 1.92. The molecule has 0 spiro atoms. The Balaban J connectivity index is 2.02. The third kappa shape index (κ3) is 3.81. The van der Waals surface area contributed by atoms with Gasteiger partial charge in [-0.3, -0.25) is 0 Å². The quantitative estimate of drug-likeness (QED) is 0.923. The summed E-state index contributed by atoms with van der Waals surface area (Å²) < 4.78 is 27.6. The maximum Gasteiger partial charge on any atom is 0.240 e. The zero-order chi connectivity index (χ0) is 14.8. The van der Waals surface area contributed by atoms with Gasteiger partial charge >= 0.3 is 0 Å². The smallest absolute Gasteiger partial charge is 0.240 e. The van der Waals surface area contributed by atoms with E-state index in [1.807, 2.05) is 26.0 Å². The van der Waals surface area contributed by atoms with Crippen molar-refractivity contribution in [3.63, 3.8) is 0 Å². The minimum absolute atomic E-state index is 0.408. The Hall–Kier alpha value is -0.910. The van der Waals surface area contributed by atoms with Gasteiger partial charge in [-0.15, -0.1) is 0 Å². The highest BCUT2D eigenvalue weighted by molar-refractivity contribution is 7.89. The molecule has 0 unspecified atom stereocenters. The molecule has 0 amide bonds. The lowest BCUT2D eigenvalue weighted by Crippen LogP contribution is -2.37. The van der Waals surface area contributed by atoms with Crippen LogP contribution in [-0.4, -0.2) is 40.0 Å². The highest BCUT2D eigenvalue weighted by Gasteiger charge is 2.21. The Labute approximate surface area is 122 Å². The average molecular weight is 296 g/mol. The van der Waals surface area contributed by atoms with Gasteiger partial charge in [0.25, 0.3) is 0 Å². The summed E-state index contributed by atoms with van der Waals surface area (Å²) in [5.74, 6) is 0.450. The standard InChI is InChI=1S/C15H24N2O2S/c1-12-4-5-13(2)15(10-12)20(18,19)16-11-14-6-8-17(3)9-7-14/h4-5,10,14,16H,6-9,11H2,1-3H3. The third-order valence-electron chi connectivity index (χ3n) is 4.03. The van der Waals surface area contributed by atoms with Gasteiger partial charge in [0.1, 0.15) is 0 Å². The maximum absolute atomic E-state index is 12.4. The molecule has 1 N–H and O–H groups in total. The number of hydrogen-bond acceptors (Lipinski definition) is 3. The van der Waals surface area contributed by atoms with Crippen LogP contribution in [0, 0.1) is 19.8 Å². The zero-order valence-electron chi connectivity index (χ0n) is 12.5. The van der Waals surface area contributed by atoms with Crippen molar-refractivity contribution in [2.75, 3.05) is 26.7 Å². The van der Waals surface area contributed by atoms with E-state index < -0.39 is 10.0 Å². The third-order valence-corrected chi connectivity index (χ3v) is 5.60. The summed E-state index contributed by atoms with van der Waals surface area (Å²) in [6, 6.07) is 5.54. The van der Waals surface area contributed by atoms with Crippen LogP contribution < -0.4 is 4.72 Å². The molecule has 0 atom stereocenters. The molecule has 1 aliphatic heterocycles. The molecule has 0 aliphatic carbocycles. The number of piperidine rings is 1. The molecule has 0 saturated carbocycles. The molecule has 0 aromatic heterocycles. The van der Waals surface area contributed by atoms with Crippen molar-refractivity contribution in [1.82, 2.24) is 9.62 Å². The highest BCUT2D eigenvalue weighted by atomic mass is 32.2. The van der Waals surface area contributed by atoms with Crippen molar-refractivity contribution >= 4 is 10.0 Å². The Bertz CT molecular complexity index is 561. The van der Waals surface area contributed by atoms with Crippen LogP contribution in [0.3, 0.4) is 0 Å². The molecule has 1 aromatic carbocycles. The molecule has 1 saturated heterocycles. The van der Waals surface area contributed by atoms with Crippen LogP contribution in [0.25, 0.3) is 0 Å². The first-order valence-electron chi connectivity index (χ1n) is 7.14. The Kier molecular flexibility index (Phi) is 4.83. The number of rotatable bonds is 4. The van der Waals surface area contributed by atoms with Gasteiger partial charge in [-0.1, -0.05) is 12.1 Å². The lowest BCUT2D eigenvalue weighted by molar-refractivity contribution is 0.220. The minimum atomic E-state index is -3.39. The number of hydrogen-bond donors (Lipinski definition) is 1. The Morgan fingerprint density at radius 3 is 2.55 bits per heavy atom. The van der Waals surface area contributed by atoms with Crippen molar-refractivity contribution in [3.8, 4) is 0 Å². The van der Waals surface area contributed by atoms with E-state index in [1.165, 1.54) is 0 Å². The van der Waals surface area contributed by atoms with E-state index >= 15 is 0 Å². The van der Waals surface area contributed by atoms with Crippen LogP contribution >= 0.6 is 0 Å². The number of sulfonamides is 1. The number of nitrogens with zero attached hydrogens (tertiary/aromatic N) is 1. The number of aryl methyl sites for hydroxylation is 2. The van der Waals surface area contributed by atoms with Crippen molar-refractivity contribution in [2.24, 2.45) is 5.92 Å². The first-order chi connectivity index (χ1) is 9.38. The minimum Gasteiger partial charge on any atom is -0.306 e. The van der Waals surface area contributed by atoms with Crippen LogP contribution in [0.1, 0.15) is 24.0 Å². The van der Waals surface area contributed by atoms with Gasteiger partial charge in [-0.25, -0.2) is 13.1 Å². The molecular formula is C15H24N2O2S. The molecule has 1 aromatic rings.